The lowest BCUT2D eigenvalue weighted by Gasteiger charge is -2.28. The number of fused-ring (bicyclic) bond motifs is 11. The van der Waals surface area contributed by atoms with Gasteiger partial charge in [-0.25, -0.2) is 0 Å². The molecule has 0 aliphatic heterocycles. The van der Waals surface area contributed by atoms with Crippen molar-refractivity contribution in [3.63, 3.8) is 0 Å². The van der Waals surface area contributed by atoms with Crippen molar-refractivity contribution in [2.45, 2.75) is 19.3 Å². The van der Waals surface area contributed by atoms with E-state index in [2.05, 4.69) is 217 Å². The van der Waals surface area contributed by atoms with Crippen molar-refractivity contribution >= 4 is 71.6 Å². The molecule has 1 aliphatic rings. The molecule has 3 nitrogen and oxygen atoms in total. The van der Waals surface area contributed by atoms with Crippen LogP contribution in [0.2, 0.25) is 0 Å². The Labute approximate surface area is 336 Å². The number of furan rings is 1. The van der Waals surface area contributed by atoms with Crippen molar-refractivity contribution in [2.24, 2.45) is 0 Å². The molecule has 58 heavy (non-hydrogen) atoms. The summed E-state index contributed by atoms with van der Waals surface area (Å²) in [5, 5.41) is 7.05. The Balaban J connectivity index is 1.02. The van der Waals surface area contributed by atoms with E-state index in [0.29, 0.717) is 0 Å². The molecule has 1 aliphatic carbocycles. The van der Waals surface area contributed by atoms with Gasteiger partial charge in [0.05, 0.1) is 16.7 Å². The number of para-hydroxylation sites is 3. The van der Waals surface area contributed by atoms with Crippen LogP contribution < -0.4 is 4.90 Å². The Morgan fingerprint density at radius 1 is 0.431 bits per heavy atom. The number of benzene rings is 9. The number of hydrogen-bond donors (Lipinski definition) is 0. The zero-order valence-electron chi connectivity index (χ0n) is 32.3. The van der Waals surface area contributed by atoms with Crippen LogP contribution in [0.5, 0.6) is 0 Å². The maximum Gasteiger partial charge on any atom is 0.159 e. The van der Waals surface area contributed by atoms with Crippen LogP contribution >= 0.6 is 0 Å². The monoisotopic (exact) mass is 742 g/mol. The summed E-state index contributed by atoms with van der Waals surface area (Å²) in [7, 11) is 0. The molecule has 9 aromatic carbocycles. The predicted octanol–water partition coefficient (Wildman–Crippen LogP) is 15.3. The Hall–Kier alpha value is -7.36. The zero-order chi connectivity index (χ0) is 38.5. The molecule has 0 amide bonds. The number of nitrogens with zero attached hydrogens (tertiary/aromatic N) is 2. The number of hydrogen-bond acceptors (Lipinski definition) is 2. The van der Waals surface area contributed by atoms with Gasteiger partial charge in [-0.3, -0.25) is 0 Å². The molecule has 3 heteroatoms. The van der Waals surface area contributed by atoms with E-state index in [1.807, 2.05) is 0 Å². The highest BCUT2D eigenvalue weighted by Gasteiger charge is 2.36. The van der Waals surface area contributed by atoms with Gasteiger partial charge in [-0.05, 0) is 99.4 Å². The molecule has 11 aromatic rings. The Kier molecular flexibility index (Phi) is 6.98. The Morgan fingerprint density at radius 3 is 1.88 bits per heavy atom. The van der Waals surface area contributed by atoms with Crippen molar-refractivity contribution in [2.75, 3.05) is 4.90 Å². The van der Waals surface area contributed by atoms with E-state index in [4.69, 9.17) is 4.42 Å². The molecule has 0 fully saturated rings. The van der Waals surface area contributed by atoms with E-state index in [1.54, 1.807) is 0 Å². The average Bonchev–Trinajstić information content (AvgIpc) is 3.90. The topological polar surface area (TPSA) is 21.3 Å². The molecule has 12 rings (SSSR count). The third-order valence-corrected chi connectivity index (χ3v) is 12.6. The largest absolute Gasteiger partial charge is 0.453 e. The molecule has 2 aromatic heterocycles. The van der Waals surface area contributed by atoms with Crippen molar-refractivity contribution in [1.29, 1.82) is 0 Å². The number of aromatic nitrogens is 1. The van der Waals surface area contributed by atoms with E-state index in [1.165, 1.54) is 55.0 Å². The summed E-state index contributed by atoms with van der Waals surface area (Å²) in [6.45, 7) is 4.69. The van der Waals surface area contributed by atoms with Gasteiger partial charge >= 0.3 is 0 Å². The minimum Gasteiger partial charge on any atom is -0.453 e. The fourth-order valence-corrected chi connectivity index (χ4v) is 9.77. The van der Waals surface area contributed by atoms with Gasteiger partial charge in [0.2, 0.25) is 0 Å². The van der Waals surface area contributed by atoms with E-state index in [-0.39, 0.29) is 5.41 Å². The van der Waals surface area contributed by atoms with E-state index >= 15 is 0 Å². The van der Waals surface area contributed by atoms with Crippen LogP contribution in [0.4, 0.5) is 17.1 Å². The van der Waals surface area contributed by atoms with Gasteiger partial charge in [0.1, 0.15) is 5.58 Å². The highest BCUT2D eigenvalue weighted by molar-refractivity contribution is 6.17. The summed E-state index contributed by atoms with van der Waals surface area (Å²) in [6.07, 6.45) is 0. The molecule has 0 spiro atoms. The first-order valence-electron chi connectivity index (χ1n) is 20.1. The first kappa shape index (κ1) is 32.8. The van der Waals surface area contributed by atoms with Crippen LogP contribution in [0.3, 0.4) is 0 Å². The highest BCUT2D eigenvalue weighted by Crippen LogP contribution is 2.51. The molecule has 274 valence electrons. The lowest BCUT2D eigenvalue weighted by Crippen LogP contribution is -2.16. The maximum absolute atomic E-state index is 6.96. The van der Waals surface area contributed by atoms with Crippen LogP contribution in [-0.2, 0) is 5.41 Å². The smallest absolute Gasteiger partial charge is 0.159 e. The highest BCUT2D eigenvalue weighted by atomic mass is 16.3. The lowest BCUT2D eigenvalue weighted by atomic mass is 9.82. The summed E-state index contributed by atoms with van der Waals surface area (Å²) < 4.78 is 9.35. The third-order valence-electron chi connectivity index (χ3n) is 12.6. The quantitative estimate of drug-likeness (QED) is 0.175. The SMILES string of the molecule is CC1(C)c2ccccc2-c2ccc(N(c3ccc(-c4cccc(-n5c6ccccc6c6ccccc65)c4)cc3)c3cccc4c3oc3c5ccccc5ccc43)cc21. The van der Waals surface area contributed by atoms with E-state index in [0.717, 1.165) is 55.6 Å². The molecular formula is C55H38N2O. The van der Waals surface area contributed by atoms with Crippen LogP contribution in [0.15, 0.2) is 199 Å². The van der Waals surface area contributed by atoms with Gasteiger partial charge in [0.25, 0.3) is 0 Å². The van der Waals surface area contributed by atoms with Crippen LogP contribution in [-0.4, -0.2) is 4.57 Å². The summed E-state index contributed by atoms with van der Waals surface area (Å²) in [6, 6.07) is 70.6. The number of anilines is 3. The second-order valence-corrected chi connectivity index (χ2v) is 16.1. The molecule has 0 saturated heterocycles. The van der Waals surface area contributed by atoms with Crippen molar-refractivity contribution in [3.8, 4) is 27.9 Å². The maximum atomic E-state index is 6.96. The molecule has 0 bridgehead atoms. The van der Waals surface area contributed by atoms with Crippen molar-refractivity contribution in [1.82, 2.24) is 4.57 Å². The second-order valence-electron chi connectivity index (χ2n) is 16.1. The van der Waals surface area contributed by atoms with Gasteiger partial charge in [-0.2, -0.15) is 0 Å². The fourth-order valence-electron chi connectivity index (χ4n) is 9.77. The first-order valence-corrected chi connectivity index (χ1v) is 20.1. The molecule has 0 radical (unpaired) electrons. The molecule has 2 heterocycles. The number of rotatable bonds is 5. The van der Waals surface area contributed by atoms with Gasteiger partial charge in [-0.15, -0.1) is 0 Å². The van der Waals surface area contributed by atoms with Crippen molar-refractivity contribution in [3.05, 3.63) is 205 Å². The van der Waals surface area contributed by atoms with E-state index < -0.39 is 0 Å². The van der Waals surface area contributed by atoms with Gasteiger partial charge < -0.3 is 13.9 Å². The molecule has 0 unspecified atom stereocenters. The standard InChI is InChI=1S/C55H38N2O/c1-55(2)48-21-8-5-17-42(48)43-32-30-40(34-49(43)55)56(52-24-12-20-46-47-31-27-36-13-3-4-16-41(36)53(47)58-54(46)52)38-28-25-35(26-29-38)37-14-11-15-39(33-37)57-50-22-9-6-18-44(50)45-19-7-10-23-51(45)57/h3-34H,1-2H3. The molecule has 0 N–H and O–H groups in total. The van der Waals surface area contributed by atoms with Crippen LogP contribution in [0.25, 0.3) is 82.5 Å². The van der Waals surface area contributed by atoms with Gasteiger partial charge in [-0.1, -0.05) is 147 Å². The average molecular weight is 743 g/mol. The van der Waals surface area contributed by atoms with Crippen LogP contribution in [0, 0.1) is 0 Å². The van der Waals surface area contributed by atoms with Gasteiger partial charge in [0.15, 0.2) is 5.58 Å². The Morgan fingerprint density at radius 2 is 1.07 bits per heavy atom. The molecule has 0 atom stereocenters. The summed E-state index contributed by atoms with van der Waals surface area (Å²) in [5.41, 5.74) is 16.0. The molecule has 0 saturated carbocycles. The fraction of sp³-hybridized carbons (Fsp3) is 0.0545. The molecular weight excluding hydrogens is 705 g/mol. The zero-order valence-corrected chi connectivity index (χ0v) is 32.3. The normalized spacial score (nSPS) is 13.1. The minimum atomic E-state index is -0.136. The van der Waals surface area contributed by atoms with Crippen molar-refractivity contribution < 1.29 is 4.42 Å². The first-order chi connectivity index (χ1) is 28.5. The summed E-state index contributed by atoms with van der Waals surface area (Å²) in [4.78, 5) is 2.38. The summed E-state index contributed by atoms with van der Waals surface area (Å²) >= 11 is 0. The Bertz CT molecular complexity index is 3380. The van der Waals surface area contributed by atoms with E-state index in [9.17, 15) is 0 Å². The van der Waals surface area contributed by atoms with Gasteiger partial charge in [0, 0.05) is 49.4 Å². The van der Waals surface area contributed by atoms with Crippen LogP contribution in [0.1, 0.15) is 25.0 Å². The minimum absolute atomic E-state index is 0.136. The second kappa shape index (κ2) is 12.3. The third kappa shape index (κ3) is 4.74. The lowest BCUT2D eigenvalue weighted by molar-refractivity contribution is 0.660. The summed E-state index contributed by atoms with van der Waals surface area (Å²) in [5.74, 6) is 0. The predicted molar refractivity (Wildman–Crippen MR) is 243 cm³/mol.